The molecule has 0 aromatic heterocycles. The van der Waals surface area contributed by atoms with Gasteiger partial charge in [0.1, 0.15) is 0 Å². The molecule has 114 valence electrons. The molecule has 0 saturated carbocycles. The zero-order valence-electron chi connectivity index (χ0n) is 12.8. The Morgan fingerprint density at radius 3 is 2.27 bits per heavy atom. The fraction of sp³-hybridized carbons (Fsp3) is 0.222. The van der Waals surface area contributed by atoms with E-state index in [2.05, 4.69) is 5.32 Å². The third kappa shape index (κ3) is 4.19. The molecule has 1 N–H and O–H groups in total. The number of carbonyl (C=O) groups is 2. The Labute approximate surface area is 130 Å². The summed E-state index contributed by atoms with van der Waals surface area (Å²) in [6, 6.07) is 14.9. The summed E-state index contributed by atoms with van der Waals surface area (Å²) in [4.78, 5) is 23.7. The van der Waals surface area contributed by atoms with Crippen LogP contribution in [0.3, 0.4) is 0 Å². The van der Waals surface area contributed by atoms with E-state index >= 15 is 0 Å². The van der Waals surface area contributed by atoms with Gasteiger partial charge in [0.05, 0.1) is 5.56 Å². The molecule has 0 unspecified atom stereocenters. The first kappa shape index (κ1) is 15.8. The minimum absolute atomic E-state index is 0.279. The molecule has 2 rings (SSSR count). The predicted octanol–water partition coefficient (Wildman–Crippen LogP) is 2.78. The summed E-state index contributed by atoms with van der Waals surface area (Å²) in [6.07, 6.45) is 0. The minimum atomic E-state index is -0.482. The molecule has 0 heterocycles. The summed E-state index contributed by atoms with van der Waals surface area (Å²) >= 11 is 0. The normalized spacial score (nSPS) is 10.1. The molecule has 0 spiro atoms. The van der Waals surface area contributed by atoms with Crippen molar-refractivity contribution in [1.29, 1.82) is 0 Å². The van der Waals surface area contributed by atoms with Crippen molar-refractivity contribution in [3.8, 4) is 0 Å². The topological polar surface area (TPSA) is 55.4 Å². The van der Waals surface area contributed by atoms with E-state index in [1.807, 2.05) is 50.2 Å². The SMILES string of the molecule is Cc1ccccc1CNC(=O)COC(=O)c1ccccc1C. The molecular formula is C18H19NO3. The lowest BCUT2D eigenvalue weighted by atomic mass is 10.1. The summed E-state index contributed by atoms with van der Waals surface area (Å²) in [5, 5.41) is 2.75. The molecule has 0 atom stereocenters. The van der Waals surface area contributed by atoms with Crippen LogP contribution in [0, 0.1) is 13.8 Å². The van der Waals surface area contributed by atoms with Crippen molar-refractivity contribution in [2.75, 3.05) is 6.61 Å². The van der Waals surface area contributed by atoms with Crippen LogP contribution >= 0.6 is 0 Å². The zero-order valence-corrected chi connectivity index (χ0v) is 12.8. The molecule has 1 amide bonds. The first-order chi connectivity index (χ1) is 10.6. The van der Waals surface area contributed by atoms with Crippen molar-refractivity contribution in [2.24, 2.45) is 0 Å². The predicted molar refractivity (Wildman–Crippen MR) is 84.5 cm³/mol. The zero-order chi connectivity index (χ0) is 15.9. The highest BCUT2D eigenvalue weighted by Crippen LogP contribution is 2.08. The van der Waals surface area contributed by atoms with Crippen LogP contribution in [0.5, 0.6) is 0 Å². The molecule has 4 nitrogen and oxygen atoms in total. The molecule has 2 aromatic carbocycles. The van der Waals surface area contributed by atoms with Crippen molar-refractivity contribution < 1.29 is 14.3 Å². The molecule has 0 aliphatic carbocycles. The smallest absolute Gasteiger partial charge is 0.338 e. The summed E-state index contributed by atoms with van der Waals surface area (Å²) in [5.74, 6) is -0.797. The van der Waals surface area contributed by atoms with Crippen LogP contribution in [0.4, 0.5) is 0 Å². The molecule has 0 aliphatic rings. The van der Waals surface area contributed by atoms with Gasteiger partial charge in [-0.2, -0.15) is 0 Å². The van der Waals surface area contributed by atoms with E-state index in [0.717, 1.165) is 16.7 Å². The van der Waals surface area contributed by atoms with E-state index in [-0.39, 0.29) is 12.5 Å². The van der Waals surface area contributed by atoms with E-state index in [9.17, 15) is 9.59 Å². The monoisotopic (exact) mass is 297 g/mol. The highest BCUT2D eigenvalue weighted by atomic mass is 16.5. The van der Waals surface area contributed by atoms with Crippen molar-refractivity contribution in [1.82, 2.24) is 5.32 Å². The Balaban J connectivity index is 1.82. The summed E-state index contributed by atoms with van der Waals surface area (Å²) in [6.45, 7) is 3.96. The maximum Gasteiger partial charge on any atom is 0.338 e. The maximum atomic E-state index is 11.9. The van der Waals surface area contributed by atoms with Crippen molar-refractivity contribution in [3.05, 3.63) is 70.8 Å². The average Bonchev–Trinajstić information content (AvgIpc) is 2.52. The van der Waals surface area contributed by atoms with Gasteiger partial charge in [-0.15, -0.1) is 0 Å². The third-order valence-corrected chi connectivity index (χ3v) is 3.44. The summed E-state index contributed by atoms with van der Waals surface area (Å²) in [5.41, 5.74) is 3.46. The van der Waals surface area contributed by atoms with Crippen LogP contribution in [0.25, 0.3) is 0 Å². The van der Waals surface area contributed by atoms with Crippen molar-refractivity contribution in [3.63, 3.8) is 0 Å². The summed E-state index contributed by atoms with van der Waals surface area (Å²) < 4.78 is 5.04. The standard InChI is InChI=1S/C18H19NO3/c1-13-7-3-5-9-15(13)11-19-17(20)12-22-18(21)16-10-6-4-8-14(16)2/h3-10H,11-12H2,1-2H3,(H,19,20). The number of aryl methyl sites for hydroxylation is 2. The molecule has 4 heteroatoms. The highest BCUT2D eigenvalue weighted by molar-refractivity contribution is 5.92. The number of esters is 1. The number of ether oxygens (including phenoxy) is 1. The van der Waals surface area contributed by atoms with Crippen LogP contribution in [0.1, 0.15) is 27.0 Å². The second-order valence-corrected chi connectivity index (χ2v) is 5.09. The van der Waals surface area contributed by atoms with Gasteiger partial charge >= 0.3 is 5.97 Å². The molecule has 0 aliphatic heterocycles. The van der Waals surface area contributed by atoms with Gasteiger partial charge in [0.2, 0.25) is 0 Å². The molecule has 0 fully saturated rings. The Kier molecular flexibility index (Phi) is 5.31. The van der Waals surface area contributed by atoms with E-state index in [1.165, 1.54) is 0 Å². The lowest BCUT2D eigenvalue weighted by Crippen LogP contribution is -2.28. The fourth-order valence-corrected chi connectivity index (χ4v) is 2.06. The fourth-order valence-electron chi connectivity index (χ4n) is 2.06. The number of hydrogen-bond donors (Lipinski definition) is 1. The van der Waals surface area contributed by atoms with Gasteiger partial charge in [-0.05, 0) is 36.6 Å². The average molecular weight is 297 g/mol. The van der Waals surface area contributed by atoms with E-state index in [4.69, 9.17) is 4.74 Å². The number of rotatable bonds is 5. The lowest BCUT2D eigenvalue weighted by molar-refractivity contribution is -0.124. The van der Waals surface area contributed by atoms with Gasteiger partial charge in [-0.1, -0.05) is 42.5 Å². The number of hydrogen-bond acceptors (Lipinski definition) is 3. The highest BCUT2D eigenvalue weighted by Gasteiger charge is 2.12. The minimum Gasteiger partial charge on any atom is -0.452 e. The van der Waals surface area contributed by atoms with Crippen LogP contribution in [0.2, 0.25) is 0 Å². The van der Waals surface area contributed by atoms with Crippen LogP contribution in [-0.2, 0) is 16.1 Å². The quantitative estimate of drug-likeness (QED) is 0.863. The van der Waals surface area contributed by atoms with Crippen molar-refractivity contribution >= 4 is 11.9 Å². The molecule has 22 heavy (non-hydrogen) atoms. The Bertz CT molecular complexity index is 680. The van der Waals surface area contributed by atoms with Crippen molar-refractivity contribution in [2.45, 2.75) is 20.4 Å². The van der Waals surface area contributed by atoms with E-state index < -0.39 is 5.97 Å². The summed E-state index contributed by atoms with van der Waals surface area (Å²) in [7, 11) is 0. The van der Waals surface area contributed by atoms with Crippen LogP contribution < -0.4 is 5.32 Å². The molecular weight excluding hydrogens is 278 g/mol. The van der Waals surface area contributed by atoms with Gasteiger partial charge in [-0.3, -0.25) is 4.79 Å². The van der Waals surface area contributed by atoms with E-state index in [1.54, 1.807) is 12.1 Å². The molecule has 0 bridgehead atoms. The van der Waals surface area contributed by atoms with E-state index in [0.29, 0.717) is 12.1 Å². The Morgan fingerprint density at radius 1 is 0.955 bits per heavy atom. The first-order valence-electron chi connectivity index (χ1n) is 7.12. The second-order valence-electron chi connectivity index (χ2n) is 5.09. The molecule has 0 saturated heterocycles. The maximum absolute atomic E-state index is 11.9. The number of nitrogens with one attached hydrogen (secondary N) is 1. The van der Waals surface area contributed by atoms with Gasteiger partial charge in [0.15, 0.2) is 6.61 Å². The van der Waals surface area contributed by atoms with Gasteiger partial charge < -0.3 is 10.1 Å². The van der Waals surface area contributed by atoms with Gasteiger partial charge in [-0.25, -0.2) is 4.79 Å². The largest absolute Gasteiger partial charge is 0.452 e. The first-order valence-corrected chi connectivity index (χ1v) is 7.12. The Morgan fingerprint density at radius 2 is 1.59 bits per heavy atom. The van der Waals surface area contributed by atoms with Crippen LogP contribution in [-0.4, -0.2) is 18.5 Å². The lowest BCUT2D eigenvalue weighted by Gasteiger charge is -2.09. The molecule has 2 aromatic rings. The number of carbonyl (C=O) groups excluding carboxylic acids is 2. The Hall–Kier alpha value is -2.62. The van der Waals surface area contributed by atoms with Gasteiger partial charge in [0, 0.05) is 6.54 Å². The number of amides is 1. The van der Waals surface area contributed by atoms with Gasteiger partial charge in [0.25, 0.3) is 5.91 Å². The third-order valence-electron chi connectivity index (χ3n) is 3.44. The number of benzene rings is 2. The second kappa shape index (κ2) is 7.41. The van der Waals surface area contributed by atoms with Crippen LogP contribution in [0.15, 0.2) is 48.5 Å². The molecule has 0 radical (unpaired) electrons.